The van der Waals surface area contributed by atoms with Crippen molar-refractivity contribution in [1.82, 2.24) is 0 Å². The van der Waals surface area contributed by atoms with Gasteiger partial charge in [0.05, 0.1) is 11.1 Å². The van der Waals surface area contributed by atoms with Gasteiger partial charge < -0.3 is 21.1 Å². The van der Waals surface area contributed by atoms with Crippen molar-refractivity contribution >= 4 is 17.6 Å². The number of carboxylic acid groups (broad SMARTS) is 1. The molecule has 0 atom stereocenters. The van der Waals surface area contributed by atoms with E-state index in [0.717, 1.165) is 0 Å². The topological polar surface area (TPSA) is 125 Å². The summed E-state index contributed by atoms with van der Waals surface area (Å²) in [7, 11) is 0. The Balaban J connectivity index is 0.00000200. The number of rotatable bonds is 3. The van der Waals surface area contributed by atoms with Crippen molar-refractivity contribution in [3.63, 3.8) is 0 Å². The van der Waals surface area contributed by atoms with Crippen LogP contribution in [0.5, 0.6) is 0 Å². The largest absolute Gasteiger partial charge is 0.619 e. The van der Waals surface area contributed by atoms with Crippen LogP contribution in [-0.4, -0.2) is 22.5 Å². The number of benzene rings is 1. The summed E-state index contributed by atoms with van der Waals surface area (Å²) in [6.07, 6.45) is 2.45. The average Bonchev–Trinajstić information content (AvgIpc) is 2.40. The molecule has 0 saturated carbocycles. The Morgan fingerprint density at radius 2 is 1.55 bits per heavy atom. The fraction of sp³-hybridized carbons (Fsp3) is 0. The van der Waals surface area contributed by atoms with Crippen molar-refractivity contribution in [3.05, 3.63) is 65.1 Å². The molecule has 1 amide bonds. The van der Waals surface area contributed by atoms with Gasteiger partial charge in [-0.2, -0.15) is 4.73 Å². The summed E-state index contributed by atoms with van der Waals surface area (Å²) in [4.78, 5) is 22.5. The Labute approximate surface area is 114 Å². The molecule has 7 heteroatoms. The molecule has 0 spiro atoms. The van der Waals surface area contributed by atoms with Crippen LogP contribution in [0.3, 0.4) is 0 Å². The Bertz CT molecular complexity index is 608. The SMILES string of the molecule is O.O=C(O)c1ccc(NC(=O)c2cc[n+]([O-])cc2)cc1. The van der Waals surface area contributed by atoms with Crippen LogP contribution in [0, 0.1) is 5.21 Å². The summed E-state index contributed by atoms with van der Waals surface area (Å²) in [5, 5.41) is 22.2. The summed E-state index contributed by atoms with van der Waals surface area (Å²) in [6.45, 7) is 0. The van der Waals surface area contributed by atoms with E-state index < -0.39 is 5.97 Å². The van der Waals surface area contributed by atoms with Crippen LogP contribution in [0.15, 0.2) is 48.8 Å². The fourth-order valence-corrected chi connectivity index (χ4v) is 1.46. The number of carboxylic acids is 1. The zero-order chi connectivity index (χ0) is 13.8. The quantitative estimate of drug-likeness (QED) is 0.623. The lowest BCUT2D eigenvalue weighted by Crippen LogP contribution is -2.25. The maximum Gasteiger partial charge on any atom is 0.335 e. The number of aromatic nitrogens is 1. The van der Waals surface area contributed by atoms with Crippen LogP contribution in [-0.2, 0) is 0 Å². The smallest absolute Gasteiger partial charge is 0.335 e. The lowest BCUT2D eigenvalue weighted by atomic mass is 10.2. The molecular formula is C13H12N2O5. The Kier molecular flexibility index (Phi) is 4.76. The van der Waals surface area contributed by atoms with Gasteiger partial charge in [0.15, 0.2) is 12.4 Å². The number of hydrogen-bond donors (Lipinski definition) is 2. The first-order chi connectivity index (χ1) is 9.06. The van der Waals surface area contributed by atoms with E-state index in [1.165, 1.54) is 48.8 Å². The van der Waals surface area contributed by atoms with Gasteiger partial charge in [-0.3, -0.25) is 4.79 Å². The van der Waals surface area contributed by atoms with Gasteiger partial charge in [0.2, 0.25) is 0 Å². The number of hydrogen-bond acceptors (Lipinski definition) is 3. The standard InChI is InChI=1S/C13H10N2O4.H2O/c16-12(9-5-7-15(19)8-6-9)14-11-3-1-10(2-4-11)13(17)18;/h1-8H,(H,14,16)(H,17,18);1H2. The van der Waals surface area contributed by atoms with E-state index in [2.05, 4.69) is 5.32 Å². The van der Waals surface area contributed by atoms with Crippen LogP contribution in [0.25, 0.3) is 0 Å². The highest BCUT2D eigenvalue weighted by atomic mass is 16.5. The molecule has 1 aromatic heterocycles. The monoisotopic (exact) mass is 276 g/mol. The van der Waals surface area contributed by atoms with Gasteiger partial charge >= 0.3 is 5.97 Å². The van der Waals surface area contributed by atoms with E-state index in [1.54, 1.807) is 0 Å². The fourth-order valence-electron chi connectivity index (χ4n) is 1.46. The van der Waals surface area contributed by atoms with Gasteiger partial charge in [-0.1, -0.05) is 0 Å². The van der Waals surface area contributed by atoms with Crippen molar-refractivity contribution in [3.8, 4) is 0 Å². The molecule has 2 aromatic rings. The molecule has 0 radical (unpaired) electrons. The maximum absolute atomic E-state index is 11.8. The van der Waals surface area contributed by atoms with Crippen LogP contribution in [0.2, 0.25) is 0 Å². The van der Waals surface area contributed by atoms with Gasteiger partial charge in [-0.05, 0) is 24.3 Å². The maximum atomic E-state index is 11.8. The number of anilines is 1. The molecular weight excluding hydrogens is 264 g/mol. The summed E-state index contributed by atoms with van der Waals surface area (Å²) in [6, 6.07) is 8.58. The molecule has 0 aliphatic heterocycles. The highest BCUT2D eigenvalue weighted by Crippen LogP contribution is 2.11. The predicted octanol–water partition coefficient (Wildman–Crippen LogP) is 0.446. The molecule has 1 aromatic carbocycles. The van der Waals surface area contributed by atoms with E-state index in [0.29, 0.717) is 16.0 Å². The molecule has 0 aliphatic rings. The van der Waals surface area contributed by atoms with Crippen LogP contribution >= 0.6 is 0 Å². The van der Waals surface area contributed by atoms with Crippen molar-refractivity contribution in [2.75, 3.05) is 5.32 Å². The summed E-state index contributed by atoms with van der Waals surface area (Å²) in [5.41, 5.74) is 0.966. The van der Waals surface area contributed by atoms with E-state index in [4.69, 9.17) is 5.11 Å². The summed E-state index contributed by atoms with van der Waals surface area (Å²) >= 11 is 0. The summed E-state index contributed by atoms with van der Waals surface area (Å²) in [5.74, 6) is -1.40. The van der Waals surface area contributed by atoms with E-state index in [9.17, 15) is 14.8 Å². The van der Waals surface area contributed by atoms with Gasteiger partial charge in [0.25, 0.3) is 5.91 Å². The Morgan fingerprint density at radius 3 is 2.05 bits per heavy atom. The van der Waals surface area contributed by atoms with Crippen LogP contribution in [0.1, 0.15) is 20.7 Å². The third-order valence-corrected chi connectivity index (χ3v) is 2.45. The van der Waals surface area contributed by atoms with Gasteiger partial charge in [0.1, 0.15) is 0 Å². The second-order valence-electron chi connectivity index (χ2n) is 3.78. The third kappa shape index (κ3) is 3.53. The first-order valence-corrected chi connectivity index (χ1v) is 5.40. The van der Waals surface area contributed by atoms with Crippen LogP contribution in [0.4, 0.5) is 5.69 Å². The first-order valence-electron chi connectivity index (χ1n) is 5.40. The van der Waals surface area contributed by atoms with Gasteiger partial charge in [0, 0.05) is 17.8 Å². The van der Waals surface area contributed by atoms with E-state index in [1.807, 2.05) is 0 Å². The highest BCUT2D eigenvalue weighted by molar-refractivity contribution is 6.04. The van der Waals surface area contributed by atoms with Crippen molar-refractivity contribution in [2.45, 2.75) is 0 Å². The molecule has 7 nitrogen and oxygen atoms in total. The number of carbonyl (C=O) groups excluding carboxylic acids is 1. The lowest BCUT2D eigenvalue weighted by molar-refractivity contribution is -0.605. The molecule has 1 heterocycles. The lowest BCUT2D eigenvalue weighted by Gasteiger charge is -2.05. The number of amides is 1. The number of pyridine rings is 1. The average molecular weight is 276 g/mol. The summed E-state index contributed by atoms with van der Waals surface area (Å²) < 4.78 is 0.582. The molecule has 4 N–H and O–H groups in total. The van der Waals surface area contributed by atoms with Crippen molar-refractivity contribution in [1.29, 1.82) is 0 Å². The zero-order valence-corrected chi connectivity index (χ0v) is 10.2. The molecule has 0 saturated heterocycles. The number of nitrogens with one attached hydrogen (secondary N) is 1. The molecule has 20 heavy (non-hydrogen) atoms. The zero-order valence-electron chi connectivity index (χ0n) is 10.2. The molecule has 104 valence electrons. The highest BCUT2D eigenvalue weighted by Gasteiger charge is 2.08. The molecule has 2 rings (SSSR count). The normalized spacial score (nSPS) is 9.40. The minimum atomic E-state index is -1.03. The third-order valence-electron chi connectivity index (χ3n) is 2.45. The minimum absolute atomic E-state index is 0. The van der Waals surface area contributed by atoms with E-state index >= 15 is 0 Å². The first kappa shape index (κ1) is 15.1. The van der Waals surface area contributed by atoms with Gasteiger partial charge in [-0.25, -0.2) is 4.79 Å². The van der Waals surface area contributed by atoms with E-state index in [-0.39, 0.29) is 16.9 Å². The Morgan fingerprint density at radius 1 is 1.00 bits per heavy atom. The van der Waals surface area contributed by atoms with Crippen molar-refractivity contribution in [2.24, 2.45) is 0 Å². The number of carbonyl (C=O) groups is 2. The molecule has 0 bridgehead atoms. The molecule has 0 aliphatic carbocycles. The van der Waals surface area contributed by atoms with Gasteiger partial charge in [-0.15, -0.1) is 0 Å². The number of nitrogens with zero attached hydrogens (tertiary/aromatic N) is 1. The van der Waals surface area contributed by atoms with Crippen molar-refractivity contribution < 1.29 is 24.9 Å². The number of aromatic carboxylic acids is 1. The van der Waals surface area contributed by atoms with Crippen LogP contribution < -0.4 is 10.0 Å². The second kappa shape index (κ2) is 6.30. The predicted molar refractivity (Wildman–Crippen MR) is 70.4 cm³/mol. The minimum Gasteiger partial charge on any atom is -0.619 e. The Hall–Kier alpha value is -2.93. The molecule has 0 fully saturated rings. The molecule has 0 unspecified atom stereocenters. The second-order valence-corrected chi connectivity index (χ2v) is 3.78.